The zero-order valence-corrected chi connectivity index (χ0v) is 12.5. The fourth-order valence-electron chi connectivity index (χ4n) is 2.63. The number of methoxy groups -OCH3 is 1. The fourth-order valence-corrected chi connectivity index (χ4v) is 2.63. The van der Waals surface area contributed by atoms with Crippen LogP contribution in [0.3, 0.4) is 0 Å². The van der Waals surface area contributed by atoms with E-state index in [9.17, 15) is 0 Å². The van der Waals surface area contributed by atoms with Crippen molar-refractivity contribution in [2.75, 3.05) is 19.5 Å². The van der Waals surface area contributed by atoms with Gasteiger partial charge in [-0.2, -0.15) is 0 Å². The molecule has 6 nitrogen and oxygen atoms in total. The van der Waals surface area contributed by atoms with Crippen molar-refractivity contribution in [3.8, 4) is 11.4 Å². The molecule has 0 unspecified atom stereocenters. The molecule has 112 valence electrons. The summed E-state index contributed by atoms with van der Waals surface area (Å²) >= 11 is 0. The maximum Gasteiger partial charge on any atom is 0.182 e. The Morgan fingerprint density at radius 2 is 2.19 bits per heavy atom. The molecule has 1 aromatic heterocycles. The van der Waals surface area contributed by atoms with Gasteiger partial charge in [0.15, 0.2) is 5.82 Å². The van der Waals surface area contributed by atoms with E-state index < -0.39 is 0 Å². The van der Waals surface area contributed by atoms with Crippen molar-refractivity contribution in [3.05, 3.63) is 23.8 Å². The summed E-state index contributed by atoms with van der Waals surface area (Å²) in [5.74, 6) is 0.807. The van der Waals surface area contributed by atoms with Gasteiger partial charge in [0, 0.05) is 25.0 Å². The van der Waals surface area contributed by atoms with E-state index >= 15 is 0 Å². The molecule has 0 aliphatic heterocycles. The third kappa shape index (κ3) is 2.90. The van der Waals surface area contributed by atoms with Crippen molar-refractivity contribution in [2.45, 2.75) is 32.7 Å². The minimum absolute atomic E-state index is 0.309. The highest BCUT2D eigenvalue weighted by Gasteiger charge is 2.43. The number of tetrazole rings is 1. The highest BCUT2D eigenvalue weighted by atomic mass is 16.5. The van der Waals surface area contributed by atoms with Crippen LogP contribution in [0.5, 0.6) is 0 Å². The molecule has 1 aliphatic carbocycles. The molecule has 21 heavy (non-hydrogen) atoms. The Kier molecular flexibility index (Phi) is 3.63. The number of rotatable bonds is 6. The van der Waals surface area contributed by atoms with E-state index in [2.05, 4.69) is 15.5 Å². The van der Waals surface area contributed by atoms with E-state index in [0.717, 1.165) is 42.2 Å². The molecule has 1 heterocycles. The van der Waals surface area contributed by atoms with Crippen LogP contribution in [0.15, 0.2) is 18.2 Å². The van der Waals surface area contributed by atoms with E-state index in [-0.39, 0.29) is 0 Å². The minimum Gasteiger partial charge on any atom is -0.399 e. The lowest BCUT2D eigenvalue weighted by atomic mass is 10.0. The largest absolute Gasteiger partial charge is 0.399 e. The van der Waals surface area contributed by atoms with Crippen molar-refractivity contribution in [1.29, 1.82) is 0 Å². The minimum atomic E-state index is 0.309. The Balaban J connectivity index is 1.82. The standard InChI is InChI=1S/C15H21N5O/c1-11-9-12(3-4-13(11)16)14-17-18-19-20(14)10-15(5-6-15)7-8-21-2/h3-4,9H,5-8,10,16H2,1-2H3. The van der Waals surface area contributed by atoms with Crippen LogP contribution in [-0.2, 0) is 11.3 Å². The van der Waals surface area contributed by atoms with Crippen LogP contribution in [-0.4, -0.2) is 33.9 Å². The third-order valence-electron chi connectivity index (χ3n) is 4.34. The van der Waals surface area contributed by atoms with Crippen molar-refractivity contribution < 1.29 is 4.74 Å². The van der Waals surface area contributed by atoms with Crippen LogP contribution in [0.1, 0.15) is 24.8 Å². The number of hydrogen-bond acceptors (Lipinski definition) is 5. The van der Waals surface area contributed by atoms with E-state index in [1.807, 2.05) is 29.8 Å². The van der Waals surface area contributed by atoms with Gasteiger partial charge in [-0.3, -0.25) is 0 Å². The van der Waals surface area contributed by atoms with Crippen LogP contribution in [0.4, 0.5) is 5.69 Å². The quantitative estimate of drug-likeness (QED) is 0.823. The molecule has 1 aliphatic rings. The van der Waals surface area contributed by atoms with Gasteiger partial charge in [0.05, 0.1) is 6.54 Å². The van der Waals surface area contributed by atoms with Gasteiger partial charge in [0.1, 0.15) is 0 Å². The maximum atomic E-state index is 5.87. The van der Waals surface area contributed by atoms with Gasteiger partial charge >= 0.3 is 0 Å². The Hall–Kier alpha value is -1.95. The van der Waals surface area contributed by atoms with Gasteiger partial charge < -0.3 is 10.5 Å². The number of nitrogens with two attached hydrogens (primary N) is 1. The first-order valence-corrected chi connectivity index (χ1v) is 7.25. The number of ether oxygens (including phenoxy) is 1. The van der Waals surface area contributed by atoms with Crippen LogP contribution < -0.4 is 5.73 Å². The molecule has 1 fully saturated rings. The molecule has 0 bridgehead atoms. The van der Waals surface area contributed by atoms with Crippen LogP contribution in [0, 0.1) is 12.3 Å². The van der Waals surface area contributed by atoms with Gasteiger partial charge in [-0.25, -0.2) is 4.68 Å². The summed E-state index contributed by atoms with van der Waals surface area (Å²) in [5.41, 5.74) is 9.02. The maximum absolute atomic E-state index is 5.87. The van der Waals surface area contributed by atoms with Gasteiger partial charge in [-0.15, -0.1) is 5.10 Å². The van der Waals surface area contributed by atoms with Crippen molar-refractivity contribution in [2.24, 2.45) is 5.41 Å². The van der Waals surface area contributed by atoms with E-state index in [1.54, 1.807) is 7.11 Å². The SMILES string of the molecule is COCCC1(Cn2nnnc2-c2ccc(N)c(C)c2)CC1. The molecule has 2 N–H and O–H groups in total. The topological polar surface area (TPSA) is 78.8 Å². The third-order valence-corrected chi connectivity index (χ3v) is 4.34. The zero-order valence-electron chi connectivity index (χ0n) is 12.5. The lowest BCUT2D eigenvalue weighted by Crippen LogP contribution is -2.16. The molecule has 2 aromatic rings. The Labute approximate surface area is 124 Å². The molecule has 0 spiro atoms. The number of nitrogen functional groups attached to an aromatic ring is 1. The summed E-state index contributed by atoms with van der Waals surface area (Å²) in [6.45, 7) is 3.63. The van der Waals surface area contributed by atoms with Crippen LogP contribution in [0.2, 0.25) is 0 Å². The average molecular weight is 287 g/mol. The van der Waals surface area contributed by atoms with Crippen LogP contribution in [0.25, 0.3) is 11.4 Å². The molecule has 0 saturated heterocycles. The summed E-state index contributed by atoms with van der Waals surface area (Å²) in [5, 5.41) is 12.2. The Bertz CT molecular complexity index is 633. The van der Waals surface area contributed by atoms with Crippen molar-refractivity contribution >= 4 is 5.69 Å². The van der Waals surface area contributed by atoms with E-state index in [4.69, 9.17) is 10.5 Å². The van der Waals surface area contributed by atoms with Crippen LogP contribution >= 0.6 is 0 Å². The highest BCUT2D eigenvalue weighted by molar-refractivity contribution is 5.61. The number of aryl methyl sites for hydroxylation is 1. The van der Waals surface area contributed by atoms with Gasteiger partial charge in [0.2, 0.25) is 0 Å². The zero-order chi connectivity index (χ0) is 14.9. The normalized spacial score (nSPS) is 16.1. The second-order valence-electron chi connectivity index (χ2n) is 5.97. The van der Waals surface area contributed by atoms with Gasteiger partial charge in [-0.05, 0) is 65.8 Å². The lowest BCUT2D eigenvalue weighted by Gasteiger charge is -2.15. The monoisotopic (exact) mass is 287 g/mol. The molecule has 3 rings (SSSR count). The highest BCUT2D eigenvalue weighted by Crippen LogP contribution is 2.50. The fraction of sp³-hybridized carbons (Fsp3) is 0.533. The van der Waals surface area contributed by atoms with Crippen molar-refractivity contribution in [1.82, 2.24) is 20.2 Å². The predicted molar refractivity (Wildman–Crippen MR) is 80.6 cm³/mol. The first kappa shape index (κ1) is 14.0. The molecule has 1 saturated carbocycles. The number of nitrogens with zero attached hydrogens (tertiary/aromatic N) is 4. The summed E-state index contributed by atoms with van der Waals surface area (Å²) < 4.78 is 7.12. The molecule has 1 aromatic carbocycles. The molecule has 0 amide bonds. The second kappa shape index (κ2) is 5.44. The number of benzene rings is 1. The number of anilines is 1. The second-order valence-corrected chi connectivity index (χ2v) is 5.97. The summed E-state index contributed by atoms with van der Waals surface area (Å²) in [4.78, 5) is 0. The predicted octanol–water partition coefficient (Wildman–Crippen LogP) is 2.05. The first-order chi connectivity index (χ1) is 10.1. The Morgan fingerprint density at radius 3 is 2.86 bits per heavy atom. The number of hydrogen-bond donors (Lipinski definition) is 1. The molecule has 6 heteroatoms. The van der Waals surface area contributed by atoms with Gasteiger partial charge in [0.25, 0.3) is 0 Å². The molecule has 0 atom stereocenters. The Morgan fingerprint density at radius 1 is 1.38 bits per heavy atom. The summed E-state index contributed by atoms with van der Waals surface area (Å²) in [7, 11) is 1.75. The first-order valence-electron chi connectivity index (χ1n) is 7.25. The molecular formula is C15H21N5O. The van der Waals surface area contributed by atoms with E-state index in [1.165, 1.54) is 12.8 Å². The molecular weight excluding hydrogens is 266 g/mol. The van der Waals surface area contributed by atoms with E-state index in [0.29, 0.717) is 5.41 Å². The summed E-state index contributed by atoms with van der Waals surface area (Å²) in [6, 6.07) is 5.91. The molecule has 0 radical (unpaired) electrons. The number of aromatic nitrogens is 4. The summed E-state index contributed by atoms with van der Waals surface area (Å²) in [6.07, 6.45) is 3.50. The lowest BCUT2D eigenvalue weighted by molar-refractivity contribution is 0.165. The average Bonchev–Trinajstić information content (AvgIpc) is 3.08. The van der Waals surface area contributed by atoms with Gasteiger partial charge in [-0.1, -0.05) is 0 Å². The van der Waals surface area contributed by atoms with Crippen molar-refractivity contribution in [3.63, 3.8) is 0 Å². The smallest absolute Gasteiger partial charge is 0.182 e.